The average Bonchev–Trinajstić information content (AvgIpc) is 2.38. The molecular weight excluding hydrogens is 252 g/mol. The molecule has 20 heavy (non-hydrogen) atoms. The molecule has 5 heteroatoms. The Balaban J connectivity index is 1.99. The van der Waals surface area contributed by atoms with Gasteiger partial charge in [-0.05, 0) is 58.2 Å². The average molecular weight is 276 g/mol. The Hall–Kier alpha value is -1.62. The van der Waals surface area contributed by atoms with Gasteiger partial charge in [-0.2, -0.15) is 0 Å². The van der Waals surface area contributed by atoms with Crippen LogP contribution in [0.25, 0.3) is 0 Å². The van der Waals surface area contributed by atoms with Gasteiger partial charge in [0.05, 0.1) is 16.9 Å². The lowest BCUT2D eigenvalue weighted by Crippen LogP contribution is -2.30. The summed E-state index contributed by atoms with van der Waals surface area (Å²) in [6, 6.07) is 1.90. The maximum Gasteiger partial charge on any atom is 0.252 e. The molecule has 5 nitrogen and oxygen atoms in total. The third-order valence-corrected chi connectivity index (χ3v) is 3.84. The monoisotopic (exact) mass is 276 g/mol. The standard InChI is InChI=1S/C15H24N4O/c1-10-8-13(14(15(16)20)11(2)19-10)18-7-5-12-4-3-6-17-9-12/h8,12,17H,3-7,9H2,1-2H3,(H2,16,20)(H,18,19). The number of carbonyl (C=O) groups is 1. The van der Waals surface area contributed by atoms with Crippen LogP contribution in [0.3, 0.4) is 0 Å². The smallest absolute Gasteiger partial charge is 0.252 e. The molecule has 1 atom stereocenters. The molecule has 1 aromatic rings. The summed E-state index contributed by atoms with van der Waals surface area (Å²) >= 11 is 0. The molecule has 0 spiro atoms. The molecule has 110 valence electrons. The minimum absolute atomic E-state index is 0.420. The van der Waals surface area contributed by atoms with Crippen molar-refractivity contribution in [2.45, 2.75) is 33.1 Å². The predicted molar refractivity (Wildman–Crippen MR) is 80.9 cm³/mol. The first-order chi connectivity index (χ1) is 9.58. The van der Waals surface area contributed by atoms with Gasteiger partial charge in [-0.25, -0.2) is 0 Å². The van der Waals surface area contributed by atoms with Crippen LogP contribution in [0.5, 0.6) is 0 Å². The van der Waals surface area contributed by atoms with Crippen LogP contribution in [-0.4, -0.2) is 30.5 Å². The number of nitrogens with one attached hydrogen (secondary N) is 2. The zero-order valence-corrected chi connectivity index (χ0v) is 12.3. The maximum absolute atomic E-state index is 11.6. The minimum atomic E-state index is -0.420. The van der Waals surface area contributed by atoms with Gasteiger partial charge in [0.1, 0.15) is 0 Å². The molecule has 1 amide bonds. The number of nitrogens with zero attached hydrogens (tertiary/aromatic N) is 1. The van der Waals surface area contributed by atoms with Crippen molar-refractivity contribution in [1.82, 2.24) is 10.3 Å². The number of anilines is 1. The lowest BCUT2D eigenvalue weighted by atomic mass is 9.96. The van der Waals surface area contributed by atoms with Gasteiger partial charge >= 0.3 is 0 Å². The summed E-state index contributed by atoms with van der Waals surface area (Å²) in [4.78, 5) is 15.9. The topological polar surface area (TPSA) is 80.0 Å². The number of hydrogen-bond acceptors (Lipinski definition) is 4. The molecule has 1 fully saturated rings. The Morgan fingerprint density at radius 3 is 3.00 bits per heavy atom. The molecule has 1 aliphatic heterocycles. The van der Waals surface area contributed by atoms with Crippen LogP contribution in [0.2, 0.25) is 0 Å². The van der Waals surface area contributed by atoms with Crippen LogP contribution in [0.4, 0.5) is 5.69 Å². The number of pyridine rings is 1. The molecule has 0 aliphatic carbocycles. The summed E-state index contributed by atoms with van der Waals surface area (Å²) in [5.74, 6) is 0.300. The highest BCUT2D eigenvalue weighted by molar-refractivity contribution is 5.99. The first kappa shape index (κ1) is 14.8. The van der Waals surface area contributed by atoms with Gasteiger partial charge in [-0.15, -0.1) is 0 Å². The highest BCUT2D eigenvalue weighted by Gasteiger charge is 2.15. The Labute approximate surface area is 120 Å². The van der Waals surface area contributed by atoms with Gasteiger partial charge in [0.15, 0.2) is 0 Å². The molecule has 4 N–H and O–H groups in total. The zero-order chi connectivity index (χ0) is 14.5. The van der Waals surface area contributed by atoms with Gasteiger partial charge < -0.3 is 16.4 Å². The molecule has 1 aliphatic rings. The van der Waals surface area contributed by atoms with Crippen molar-refractivity contribution in [3.05, 3.63) is 23.0 Å². The maximum atomic E-state index is 11.6. The fraction of sp³-hybridized carbons (Fsp3) is 0.600. The summed E-state index contributed by atoms with van der Waals surface area (Å²) < 4.78 is 0. The van der Waals surface area contributed by atoms with Crippen LogP contribution in [0.1, 0.15) is 41.0 Å². The molecule has 1 saturated heterocycles. The molecule has 0 saturated carbocycles. The lowest BCUT2D eigenvalue weighted by Gasteiger charge is -2.23. The third kappa shape index (κ3) is 3.70. The van der Waals surface area contributed by atoms with Crippen molar-refractivity contribution >= 4 is 11.6 Å². The van der Waals surface area contributed by atoms with Crippen LogP contribution >= 0.6 is 0 Å². The van der Waals surface area contributed by atoms with Gasteiger partial charge in [0.2, 0.25) is 0 Å². The second kappa shape index (κ2) is 6.70. The minimum Gasteiger partial charge on any atom is -0.384 e. The Morgan fingerprint density at radius 1 is 1.55 bits per heavy atom. The Bertz CT molecular complexity index is 481. The molecule has 0 radical (unpaired) electrons. The van der Waals surface area contributed by atoms with Crippen LogP contribution in [0.15, 0.2) is 6.07 Å². The highest BCUT2D eigenvalue weighted by atomic mass is 16.1. The van der Waals surface area contributed by atoms with E-state index < -0.39 is 5.91 Å². The summed E-state index contributed by atoms with van der Waals surface area (Å²) in [5.41, 5.74) is 8.37. The summed E-state index contributed by atoms with van der Waals surface area (Å²) in [6.45, 7) is 6.84. The van der Waals surface area contributed by atoms with Gasteiger partial charge in [0, 0.05) is 12.2 Å². The number of carbonyl (C=O) groups excluding carboxylic acids is 1. The first-order valence-corrected chi connectivity index (χ1v) is 7.30. The van der Waals surface area contributed by atoms with Crippen molar-refractivity contribution in [2.75, 3.05) is 25.0 Å². The summed E-state index contributed by atoms with van der Waals surface area (Å²) in [7, 11) is 0. The van der Waals surface area contributed by atoms with E-state index in [9.17, 15) is 4.79 Å². The van der Waals surface area contributed by atoms with E-state index in [-0.39, 0.29) is 0 Å². The number of aromatic nitrogens is 1. The van der Waals surface area contributed by atoms with Crippen molar-refractivity contribution < 1.29 is 4.79 Å². The number of rotatable bonds is 5. The molecule has 2 rings (SSSR count). The fourth-order valence-corrected chi connectivity index (χ4v) is 2.86. The second-order valence-corrected chi connectivity index (χ2v) is 5.56. The van der Waals surface area contributed by atoms with E-state index in [1.807, 2.05) is 19.9 Å². The SMILES string of the molecule is Cc1cc(NCCC2CCCNC2)c(C(N)=O)c(C)n1. The number of primary amides is 1. The molecule has 0 bridgehead atoms. The number of amides is 1. The van der Waals surface area contributed by atoms with Crippen LogP contribution < -0.4 is 16.4 Å². The Morgan fingerprint density at radius 2 is 2.35 bits per heavy atom. The van der Waals surface area contributed by atoms with E-state index >= 15 is 0 Å². The van der Waals surface area contributed by atoms with Gasteiger partial charge in [0.25, 0.3) is 5.91 Å². The fourth-order valence-electron chi connectivity index (χ4n) is 2.86. The van der Waals surface area contributed by atoms with E-state index in [2.05, 4.69) is 15.6 Å². The van der Waals surface area contributed by atoms with Crippen molar-refractivity contribution in [2.24, 2.45) is 11.7 Å². The van der Waals surface area contributed by atoms with E-state index in [0.717, 1.165) is 43.4 Å². The van der Waals surface area contributed by atoms with E-state index in [1.54, 1.807) is 0 Å². The van der Waals surface area contributed by atoms with E-state index in [0.29, 0.717) is 11.3 Å². The molecule has 0 aromatic carbocycles. The van der Waals surface area contributed by atoms with Crippen molar-refractivity contribution in [1.29, 1.82) is 0 Å². The quantitative estimate of drug-likeness (QED) is 0.763. The molecule has 1 aromatic heterocycles. The van der Waals surface area contributed by atoms with Gasteiger partial charge in [-0.1, -0.05) is 0 Å². The summed E-state index contributed by atoms with van der Waals surface area (Å²) in [5, 5.41) is 6.77. The Kier molecular flexibility index (Phi) is 4.95. The summed E-state index contributed by atoms with van der Waals surface area (Å²) in [6.07, 6.45) is 3.64. The van der Waals surface area contributed by atoms with Crippen molar-refractivity contribution in [3.63, 3.8) is 0 Å². The largest absolute Gasteiger partial charge is 0.384 e. The number of aryl methyl sites for hydroxylation is 2. The van der Waals surface area contributed by atoms with Crippen LogP contribution in [-0.2, 0) is 0 Å². The van der Waals surface area contributed by atoms with E-state index in [4.69, 9.17) is 5.73 Å². The van der Waals surface area contributed by atoms with Crippen LogP contribution in [0, 0.1) is 19.8 Å². The number of hydrogen-bond donors (Lipinski definition) is 3. The van der Waals surface area contributed by atoms with Gasteiger partial charge in [-0.3, -0.25) is 9.78 Å². The highest BCUT2D eigenvalue weighted by Crippen LogP contribution is 2.20. The third-order valence-electron chi connectivity index (χ3n) is 3.84. The number of piperidine rings is 1. The molecule has 2 heterocycles. The van der Waals surface area contributed by atoms with Crippen molar-refractivity contribution in [3.8, 4) is 0 Å². The predicted octanol–water partition coefficient (Wildman–Crippen LogP) is 1.60. The lowest BCUT2D eigenvalue weighted by molar-refractivity contribution is 0.1000. The van der Waals surface area contributed by atoms with E-state index in [1.165, 1.54) is 12.8 Å². The second-order valence-electron chi connectivity index (χ2n) is 5.56. The zero-order valence-electron chi connectivity index (χ0n) is 12.3. The number of nitrogens with two attached hydrogens (primary N) is 1. The molecular formula is C15H24N4O. The first-order valence-electron chi connectivity index (χ1n) is 7.30. The normalized spacial score (nSPS) is 18.8. The molecule has 1 unspecified atom stereocenters.